The van der Waals surface area contributed by atoms with E-state index < -0.39 is 0 Å². The lowest BCUT2D eigenvalue weighted by Gasteiger charge is -2.22. The molecule has 0 saturated carbocycles. The average Bonchev–Trinajstić information content (AvgIpc) is 2.28. The van der Waals surface area contributed by atoms with E-state index in [0.717, 1.165) is 19.7 Å². The first-order valence-corrected chi connectivity index (χ1v) is 6.51. The Morgan fingerprint density at radius 3 is 2.17 bits per heavy atom. The molecule has 0 fully saturated rings. The molecular weight excluding hydrogens is 224 g/mol. The van der Waals surface area contributed by atoms with Crippen LogP contribution < -0.4 is 5.73 Å². The van der Waals surface area contributed by atoms with Gasteiger partial charge in [-0.1, -0.05) is 24.3 Å². The van der Waals surface area contributed by atoms with Crippen molar-refractivity contribution in [1.82, 2.24) is 4.90 Å². The third-order valence-corrected chi connectivity index (χ3v) is 2.72. The monoisotopic (exact) mass is 250 g/mol. The molecule has 1 aromatic carbocycles. The summed E-state index contributed by atoms with van der Waals surface area (Å²) in [5.74, 6) is 0. The molecule has 0 unspecified atom stereocenters. The Balaban J connectivity index is 2.32. The predicted octanol–water partition coefficient (Wildman–Crippen LogP) is 2.39. The lowest BCUT2D eigenvalue weighted by molar-refractivity contribution is -0.0113. The van der Waals surface area contributed by atoms with E-state index in [4.69, 9.17) is 10.5 Å². The molecule has 18 heavy (non-hydrogen) atoms. The normalized spacial score (nSPS) is 12.1. The van der Waals surface area contributed by atoms with Crippen LogP contribution in [0.15, 0.2) is 24.3 Å². The van der Waals surface area contributed by atoms with Gasteiger partial charge in [-0.25, -0.2) is 0 Å². The lowest BCUT2D eigenvalue weighted by Crippen LogP contribution is -2.28. The second-order valence-electron chi connectivity index (χ2n) is 5.72. The Labute approximate surface area is 111 Å². The molecule has 0 aliphatic rings. The molecule has 102 valence electrons. The number of nitrogens with zero attached hydrogens (tertiary/aromatic N) is 1. The first-order chi connectivity index (χ1) is 8.40. The fourth-order valence-corrected chi connectivity index (χ4v) is 1.68. The zero-order chi connectivity index (χ0) is 13.6. The molecule has 3 heteroatoms. The number of likely N-dealkylation sites (N-methyl/N-ethyl adjacent to an activating group) is 1. The summed E-state index contributed by atoms with van der Waals surface area (Å²) in [7, 11) is 2.11. The van der Waals surface area contributed by atoms with Gasteiger partial charge in [-0.3, -0.25) is 4.90 Å². The smallest absolute Gasteiger partial charge is 0.0600 e. The maximum Gasteiger partial charge on any atom is 0.0600 e. The zero-order valence-corrected chi connectivity index (χ0v) is 12.1. The van der Waals surface area contributed by atoms with Crippen molar-refractivity contribution < 1.29 is 4.74 Å². The van der Waals surface area contributed by atoms with Gasteiger partial charge in [0.25, 0.3) is 0 Å². The topological polar surface area (TPSA) is 38.5 Å². The highest BCUT2D eigenvalue weighted by atomic mass is 16.5. The molecule has 3 nitrogen and oxygen atoms in total. The fraction of sp³-hybridized carbons (Fsp3) is 0.600. The quantitative estimate of drug-likeness (QED) is 0.842. The predicted molar refractivity (Wildman–Crippen MR) is 76.4 cm³/mol. The van der Waals surface area contributed by atoms with Crippen molar-refractivity contribution in [3.63, 3.8) is 0 Å². The maximum atomic E-state index is 5.72. The van der Waals surface area contributed by atoms with Gasteiger partial charge in [-0.05, 0) is 38.9 Å². The van der Waals surface area contributed by atoms with Crippen LogP contribution in [0.25, 0.3) is 0 Å². The minimum atomic E-state index is -0.0520. The summed E-state index contributed by atoms with van der Waals surface area (Å²) in [5.41, 5.74) is 8.02. The molecule has 0 aromatic heterocycles. The minimum absolute atomic E-state index is 0.0520. The van der Waals surface area contributed by atoms with Crippen LogP contribution in [0.4, 0.5) is 0 Å². The van der Waals surface area contributed by atoms with E-state index in [-0.39, 0.29) is 5.60 Å². The van der Waals surface area contributed by atoms with Crippen LogP contribution >= 0.6 is 0 Å². The summed E-state index contributed by atoms with van der Waals surface area (Å²) in [6, 6.07) is 8.47. The van der Waals surface area contributed by atoms with Gasteiger partial charge in [0, 0.05) is 19.6 Å². The fourth-order valence-electron chi connectivity index (χ4n) is 1.68. The van der Waals surface area contributed by atoms with Gasteiger partial charge < -0.3 is 10.5 Å². The van der Waals surface area contributed by atoms with Gasteiger partial charge >= 0.3 is 0 Å². The molecule has 1 rings (SSSR count). The third-order valence-electron chi connectivity index (χ3n) is 2.72. The Hall–Kier alpha value is -0.900. The summed E-state index contributed by atoms with van der Waals surface area (Å²) in [5, 5.41) is 0. The van der Waals surface area contributed by atoms with Gasteiger partial charge in [0.05, 0.1) is 12.2 Å². The highest BCUT2D eigenvalue weighted by molar-refractivity contribution is 5.22. The van der Waals surface area contributed by atoms with Crippen LogP contribution in [0.3, 0.4) is 0 Å². The summed E-state index contributed by atoms with van der Waals surface area (Å²) >= 11 is 0. The number of nitrogens with two attached hydrogens (primary N) is 1. The average molecular weight is 250 g/mol. The summed E-state index contributed by atoms with van der Waals surface area (Å²) in [6.45, 7) is 9.50. The van der Waals surface area contributed by atoms with E-state index >= 15 is 0 Å². The molecule has 0 atom stereocenters. The van der Waals surface area contributed by atoms with E-state index in [2.05, 4.69) is 57.0 Å². The van der Waals surface area contributed by atoms with Crippen LogP contribution in [-0.4, -0.2) is 30.7 Å². The highest BCUT2D eigenvalue weighted by Gasteiger charge is 2.10. The number of hydrogen-bond acceptors (Lipinski definition) is 3. The van der Waals surface area contributed by atoms with Gasteiger partial charge in [-0.15, -0.1) is 0 Å². The van der Waals surface area contributed by atoms with Crippen LogP contribution in [0.5, 0.6) is 0 Å². The minimum Gasteiger partial charge on any atom is -0.375 e. The first kappa shape index (κ1) is 15.2. The van der Waals surface area contributed by atoms with Gasteiger partial charge in [0.15, 0.2) is 0 Å². The van der Waals surface area contributed by atoms with Crippen molar-refractivity contribution in [3.8, 4) is 0 Å². The second kappa shape index (κ2) is 6.88. The van der Waals surface area contributed by atoms with Gasteiger partial charge in [0.1, 0.15) is 0 Å². The van der Waals surface area contributed by atoms with Crippen LogP contribution in [0.1, 0.15) is 31.9 Å². The van der Waals surface area contributed by atoms with Crippen molar-refractivity contribution in [2.75, 3.05) is 20.2 Å². The molecule has 0 heterocycles. The van der Waals surface area contributed by atoms with E-state index in [9.17, 15) is 0 Å². The van der Waals surface area contributed by atoms with E-state index in [0.29, 0.717) is 6.54 Å². The molecular formula is C15H26N2O. The SMILES string of the molecule is CN(CCOC(C)(C)C)Cc1ccc(CN)cc1. The molecule has 0 aliphatic carbocycles. The second-order valence-corrected chi connectivity index (χ2v) is 5.72. The van der Waals surface area contributed by atoms with Crippen LogP contribution in [-0.2, 0) is 17.8 Å². The molecule has 0 aliphatic heterocycles. The highest BCUT2D eigenvalue weighted by Crippen LogP contribution is 2.08. The van der Waals surface area contributed by atoms with Gasteiger partial charge in [-0.2, -0.15) is 0 Å². The van der Waals surface area contributed by atoms with Crippen molar-refractivity contribution in [1.29, 1.82) is 0 Å². The van der Waals surface area contributed by atoms with Crippen LogP contribution in [0, 0.1) is 0 Å². The Kier molecular flexibility index (Phi) is 5.79. The zero-order valence-electron chi connectivity index (χ0n) is 12.1. The molecule has 0 spiro atoms. The van der Waals surface area contributed by atoms with Crippen molar-refractivity contribution in [3.05, 3.63) is 35.4 Å². The standard InChI is InChI=1S/C15H26N2O/c1-15(2,3)18-10-9-17(4)12-14-7-5-13(11-16)6-8-14/h5-8H,9-12,16H2,1-4H3. The lowest BCUT2D eigenvalue weighted by atomic mass is 10.1. The molecule has 0 bridgehead atoms. The van der Waals surface area contributed by atoms with Crippen molar-refractivity contribution in [2.45, 2.75) is 39.5 Å². The molecule has 0 amide bonds. The van der Waals surface area contributed by atoms with Crippen molar-refractivity contribution >= 4 is 0 Å². The number of ether oxygens (including phenoxy) is 1. The Bertz CT molecular complexity index is 341. The van der Waals surface area contributed by atoms with Crippen LogP contribution in [0.2, 0.25) is 0 Å². The van der Waals surface area contributed by atoms with E-state index in [1.54, 1.807) is 0 Å². The largest absolute Gasteiger partial charge is 0.375 e. The Morgan fingerprint density at radius 1 is 1.11 bits per heavy atom. The Morgan fingerprint density at radius 2 is 1.67 bits per heavy atom. The third kappa shape index (κ3) is 6.15. The molecule has 0 saturated heterocycles. The molecule has 2 N–H and O–H groups in total. The summed E-state index contributed by atoms with van der Waals surface area (Å²) in [6.07, 6.45) is 0. The van der Waals surface area contributed by atoms with Gasteiger partial charge in [0.2, 0.25) is 0 Å². The number of hydrogen-bond donors (Lipinski definition) is 1. The van der Waals surface area contributed by atoms with E-state index in [1.807, 2.05) is 0 Å². The number of rotatable bonds is 6. The van der Waals surface area contributed by atoms with E-state index in [1.165, 1.54) is 11.1 Å². The summed E-state index contributed by atoms with van der Waals surface area (Å²) < 4.78 is 5.72. The summed E-state index contributed by atoms with van der Waals surface area (Å²) in [4.78, 5) is 2.27. The van der Waals surface area contributed by atoms with Crippen molar-refractivity contribution in [2.24, 2.45) is 5.73 Å². The first-order valence-electron chi connectivity index (χ1n) is 6.51. The maximum absolute atomic E-state index is 5.72. The molecule has 1 aromatic rings. The number of benzene rings is 1. The molecule has 0 radical (unpaired) electrons.